The molecule has 3 unspecified atom stereocenters. The lowest BCUT2D eigenvalue weighted by molar-refractivity contribution is -0.124. The zero-order valence-electron chi connectivity index (χ0n) is 14.0. The number of amides is 1. The van der Waals surface area contributed by atoms with E-state index in [4.69, 9.17) is 5.73 Å². The van der Waals surface area contributed by atoms with E-state index in [0.29, 0.717) is 6.04 Å². The second-order valence-electron chi connectivity index (χ2n) is 7.78. The summed E-state index contributed by atoms with van der Waals surface area (Å²) < 4.78 is 0. The maximum absolute atomic E-state index is 11.7. The van der Waals surface area contributed by atoms with Crippen LogP contribution in [-0.4, -0.2) is 42.0 Å². The van der Waals surface area contributed by atoms with Gasteiger partial charge in [0.1, 0.15) is 0 Å². The number of likely N-dealkylation sites (tertiary alicyclic amines) is 1. The molecular weight excluding hydrogens is 262 g/mol. The third-order valence-corrected chi connectivity index (χ3v) is 4.99. The van der Waals surface area contributed by atoms with Gasteiger partial charge in [-0.15, -0.1) is 0 Å². The first-order chi connectivity index (χ1) is 9.89. The normalized spacial score (nSPS) is 30.0. The van der Waals surface area contributed by atoms with E-state index in [2.05, 4.69) is 24.1 Å². The second-order valence-corrected chi connectivity index (χ2v) is 7.78. The molecule has 0 bridgehead atoms. The molecule has 0 aromatic rings. The van der Waals surface area contributed by atoms with Gasteiger partial charge in [0.25, 0.3) is 0 Å². The Morgan fingerprint density at radius 3 is 2.38 bits per heavy atom. The molecule has 0 radical (unpaired) electrons. The van der Waals surface area contributed by atoms with Gasteiger partial charge in [-0.05, 0) is 63.8 Å². The monoisotopic (exact) mass is 295 g/mol. The molecule has 0 spiro atoms. The second kappa shape index (κ2) is 7.10. The van der Waals surface area contributed by atoms with Gasteiger partial charge in [-0.2, -0.15) is 0 Å². The zero-order valence-corrected chi connectivity index (χ0v) is 14.0. The van der Waals surface area contributed by atoms with Gasteiger partial charge >= 0.3 is 0 Å². The molecule has 1 saturated carbocycles. The lowest BCUT2D eigenvalue weighted by Crippen LogP contribution is -2.54. The van der Waals surface area contributed by atoms with Gasteiger partial charge in [0.2, 0.25) is 5.91 Å². The van der Waals surface area contributed by atoms with E-state index in [0.717, 1.165) is 37.6 Å². The lowest BCUT2D eigenvalue weighted by atomic mass is 9.91. The van der Waals surface area contributed by atoms with Gasteiger partial charge in [0.15, 0.2) is 0 Å². The molecule has 0 aromatic heterocycles. The number of nitrogens with one attached hydrogen (secondary N) is 1. The summed E-state index contributed by atoms with van der Waals surface area (Å²) in [6, 6.07) is 0.520. The van der Waals surface area contributed by atoms with Crippen LogP contribution in [0.5, 0.6) is 0 Å². The maximum Gasteiger partial charge on any atom is 0.237 e. The fourth-order valence-electron chi connectivity index (χ4n) is 3.73. The van der Waals surface area contributed by atoms with Crippen molar-refractivity contribution in [3.05, 3.63) is 0 Å². The van der Waals surface area contributed by atoms with Gasteiger partial charge in [0.05, 0.1) is 5.54 Å². The molecular formula is C17H33N3O. The number of nitrogens with two attached hydrogens (primary N) is 1. The molecule has 3 atom stereocenters. The van der Waals surface area contributed by atoms with E-state index in [1.165, 1.54) is 32.4 Å². The molecule has 122 valence electrons. The molecule has 2 fully saturated rings. The molecule has 1 saturated heterocycles. The Hall–Kier alpha value is -0.610. The Morgan fingerprint density at radius 1 is 1.24 bits per heavy atom. The largest absolute Gasteiger partial charge is 0.368 e. The molecule has 1 aliphatic heterocycles. The Kier molecular flexibility index (Phi) is 5.67. The number of carbonyl (C=O) groups excluding carboxylic acids is 1. The van der Waals surface area contributed by atoms with Gasteiger partial charge in [-0.25, -0.2) is 0 Å². The SMILES string of the molecule is CC1CC(C)CN(CCCCC(C)(NC2CC2)C(N)=O)C1. The molecule has 21 heavy (non-hydrogen) atoms. The van der Waals surface area contributed by atoms with E-state index >= 15 is 0 Å². The van der Waals surface area contributed by atoms with Crippen molar-refractivity contribution in [2.75, 3.05) is 19.6 Å². The molecule has 1 heterocycles. The standard InChI is InChI=1S/C17H33N3O/c1-13-10-14(2)12-20(11-13)9-5-4-8-17(3,16(18)21)19-15-6-7-15/h13-15,19H,4-12H2,1-3H3,(H2,18,21). The van der Waals surface area contributed by atoms with Crippen molar-refractivity contribution in [1.82, 2.24) is 10.2 Å². The van der Waals surface area contributed by atoms with Crippen molar-refractivity contribution in [1.29, 1.82) is 0 Å². The highest BCUT2D eigenvalue weighted by Gasteiger charge is 2.36. The molecule has 2 aliphatic rings. The zero-order chi connectivity index (χ0) is 15.5. The third kappa shape index (κ3) is 5.26. The smallest absolute Gasteiger partial charge is 0.237 e. The van der Waals surface area contributed by atoms with Crippen molar-refractivity contribution in [2.45, 2.75) is 70.9 Å². The van der Waals surface area contributed by atoms with E-state index < -0.39 is 5.54 Å². The van der Waals surface area contributed by atoms with E-state index in [9.17, 15) is 4.79 Å². The van der Waals surface area contributed by atoms with Crippen LogP contribution < -0.4 is 11.1 Å². The summed E-state index contributed by atoms with van der Waals surface area (Å²) in [7, 11) is 0. The van der Waals surface area contributed by atoms with Crippen molar-refractivity contribution in [3.8, 4) is 0 Å². The Balaban J connectivity index is 1.68. The van der Waals surface area contributed by atoms with Crippen LogP contribution in [0, 0.1) is 11.8 Å². The summed E-state index contributed by atoms with van der Waals surface area (Å²) in [6.07, 6.45) is 6.82. The van der Waals surface area contributed by atoms with Crippen LogP contribution >= 0.6 is 0 Å². The van der Waals surface area contributed by atoms with Gasteiger partial charge < -0.3 is 16.0 Å². The molecule has 4 nitrogen and oxygen atoms in total. The van der Waals surface area contributed by atoms with Crippen LogP contribution in [-0.2, 0) is 4.79 Å². The van der Waals surface area contributed by atoms with Gasteiger partial charge in [0, 0.05) is 19.1 Å². The summed E-state index contributed by atoms with van der Waals surface area (Å²) in [5.41, 5.74) is 5.09. The Morgan fingerprint density at radius 2 is 1.86 bits per heavy atom. The number of primary amides is 1. The van der Waals surface area contributed by atoms with E-state index in [-0.39, 0.29) is 5.91 Å². The van der Waals surface area contributed by atoms with Crippen molar-refractivity contribution >= 4 is 5.91 Å². The summed E-state index contributed by atoms with van der Waals surface area (Å²) in [5.74, 6) is 1.44. The predicted molar refractivity (Wildman–Crippen MR) is 87.0 cm³/mol. The van der Waals surface area contributed by atoms with E-state index in [1.54, 1.807) is 0 Å². The van der Waals surface area contributed by atoms with Gasteiger partial charge in [-0.1, -0.05) is 13.8 Å². The fourth-order valence-corrected chi connectivity index (χ4v) is 3.73. The van der Waals surface area contributed by atoms with Gasteiger partial charge in [-0.3, -0.25) is 4.79 Å². The average molecular weight is 295 g/mol. The number of carbonyl (C=O) groups is 1. The van der Waals surface area contributed by atoms with Crippen LogP contribution in [0.3, 0.4) is 0 Å². The first-order valence-electron chi connectivity index (χ1n) is 8.69. The fraction of sp³-hybridized carbons (Fsp3) is 0.941. The van der Waals surface area contributed by atoms with Crippen LogP contribution in [0.15, 0.2) is 0 Å². The molecule has 3 N–H and O–H groups in total. The highest BCUT2D eigenvalue weighted by molar-refractivity contribution is 5.84. The van der Waals surface area contributed by atoms with Crippen molar-refractivity contribution in [3.63, 3.8) is 0 Å². The molecule has 4 heteroatoms. The first kappa shape index (κ1) is 16.8. The van der Waals surface area contributed by atoms with Crippen LogP contribution in [0.1, 0.15) is 59.3 Å². The van der Waals surface area contributed by atoms with Crippen LogP contribution in [0.25, 0.3) is 0 Å². The number of hydrogen-bond donors (Lipinski definition) is 2. The van der Waals surface area contributed by atoms with Crippen LogP contribution in [0.4, 0.5) is 0 Å². The summed E-state index contributed by atoms with van der Waals surface area (Å²) in [5, 5.41) is 3.43. The highest BCUT2D eigenvalue weighted by Crippen LogP contribution is 2.25. The molecule has 0 aromatic carbocycles. The lowest BCUT2D eigenvalue weighted by Gasteiger charge is -2.35. The topological polar surface area (TPSA) is 58.4 Å². The molecule has 1 aliphatic carbocycles. The minimum atomic E-state index is -0.510. The number of unbranched alkanes of at least 4 members (excludes halogenated alkanes) is 1. The number of hydrogen-bond acceptors (Lipinski definition) is 3. The highest BCUT2D eigenvalue weighted by atomic mass is 16.1. The molecule has 2 rings (SSSR count). The van der Waals surface area contributed by atoms with Crippen molar-refractivity contribution in [2.24, 2.45) is 17.6 Å². The summed E-state index contributed by atoms with van der Waals surface area (Å²) >= 11 is 0. The Labute approximate surface area is 129 Å². The summed E-state index contributed by atoms with van der Waals surface area (Å²) in [4.78, 5) is 14.3. The minimum Gasteiger partial charge on any atom is -0.368 e. The first-order valence-corrected chi connectivity index (χ1v) is 8.69. The van der Waals surface area contributed by atoms with E-state index in [1.807, 2.05) is 6.92 Å². The number of nitrogens with zero attached hydrogens (tertiary/aromatic N) is 1. The van der Waals surface area contributed by atoms with Crippen LogP contribution in [0.2, 0.25) is 0 Å². The quantitative estimate of drug-likeness (QED) is 0.674. The number of rotatable bonds is 8. The Bertz CT molecular complexity index is 346. The maximum atomic E-state index is 11.7. The predicted octanol–water partition coefficient (Wildman–Crippen LogP) is 2.13. The van der Waals surface area contributed by atoms with Crippen molar-refractivity contribution < 1.29 is 4.79 Å². The number of piperidine rings is 1. The minimum absolute atomic E-state index is 0.199. The summed E-state index contributed by atoms with van der Waals surface area (Å²) in [6.45, 7) is 10.3. The third-order valence-electron chi connectivity index (χ3n) is 4.99. The molecule has 1 amide bonds. The average Bonchev–Trinajstić information content (AvgIpc) is 3.17.